The Kier molecular flexibility index (Phi) is 5.01. The van der Waals surface area contributed by atoms with Gasteiger partial charge in [0.2, 0.25) is 0 Å². The Bertz CT molecular complexity index is 1080. The highest BCUT2D eigenvalue weighted by Gasteiger charge is 2.44. The van der Waals surface area contributed by atoms with Gasteiger partial charge in [-0.15, -0.1) is 0 Å². The first kappa shape index (κ1) is 21.9. The number of benzene rings is 3. The topological polar surface area (TPSA) is 20.2 Å². The van der Waals surface area contributed by atoms with Crippen LogP contribution in [0.5, 0.6) is 5.75 Å². The monoisotopic (exact) mass is 428 g/mol. The number of para-hydroxylation sites is 1. The zero-order valence-electron chi connectivity index (χ0n) is 20.3. The van der Waals surface area contributed by atoms with Crippen molar-refractivity contribution >= 4 is 13.3 Å². The average molecular weight is 429 g/mol. The Labute approximate surface area is 189 Å². The highest BCUT2D eigenvalue weighted by molar-refractivity contribution is 6.92. The van der Waals surface area contributed by atoms with E-state index in [1.165, 1.54) is 33.4 Å². The van der Waals surface area contributed by atoms with Gasteiger partial charge in [-0.05, 0) is 55.5 Å². The summed E-state index contributed by atoms with van der Waals surface area (Å²) >= 11 is 0. The molecule has 0 spiro atoms. The molecular weight excluding hydrogens is 392 g/mol. The summed E-state index contributed by atoms with van der Waals surface area (Å²) < 4.78 is 0. The van der Waals surface area contributed by atoms with Crippen LogP contribution in [-0.2, 0) is 10.8 Å². The summed E-state index contributed by atoms with van der Waals surface area (Å²) in [4.78, 5) is 0. The molecule has 31 heavy (non-hydrogen) atoms. The fraction of sp³-hybridized carbons (Fsp3) is 0.379. The van der Waals surface area contributed by atoms with Crippen molar-refractivity contribution in [1.82, 2.24) is 0 Å². The van der Waals surface area contributed by atoms with Crippen LogP contribution in [0.1, 0.15) is 69.3 Å². The van der Waals surface area contributed by atoms with Gasteiger partial charge in [0.15, 0.2) is 0 Å². The maximum atomic E-state index is 10.8. The van der Waals surface area contributed by atoms with Gasteiger partial charge in [-0.25, -0.2) is 0 Å². The van der Waals surface area contributed by atoms with E-state index in [-0.39, 0.29) is 10.8 Å². The molecule has 0 atom stereocenters. The van der Waals surface area contributed by atoms with Crippen LogP contribution in [0, 0.1) is 0 Å². The Hall–Kier alpha value is -2.32. The normalized spacial score (nSPS) is 14.5. The molecule has 1 aliphatic carbocycles. The lowest BCUT2D eigenvalue weighted by atomic mass is 9.85. The second-order valence-electron chi connectivity index (χ2n) is 11.8. The summed E-state index contributed by atoms with van der Waals surface area (Å²) in [5, 5.41) is 11.9. The summed E-state index contributed by atoms with van der Waals surface area (Å²) in [6.07, 6.45) is 0. The third-order valence-corrected chi connectivity index (χ3v) is 10.9. The summed E-state index contributed by atoms with van der Waals surface area (Å²) in [6.45, 7) is 18.6. The first-order chi connectivity index (χ1) is 14.3. The van der Waals surface area contributed by atoms with E-state index in [9.17, 15) is 5.11 Å². The van der Waals surface area contributed by atoms with Crippen molar-refractivity contribution in [3.8, 4) is 16.9 Å². The molecule has 0 fully saturated rings. The van der Waals surface area contributed by atoms with Crippen molar-refractivity contribution in [3.05, 3.63) is 82.9 Å². The van der Waals surface area contributed by atoms with Gasteiger partial charge in [0.1, 0.15) is 5.75 Å². The van der Waals surface area contributed by atoms with Crippen molar-refractivity contribution < 1.29 is 5.11 Å². The minimum absolute atomic E-state index is 0.103. The number of hydrogen-bond donors (Lipinski definition) is 1. The van der Waals surface area contributed by atoms with E-state index in [0.29, 0.717) is 11.3 Å². The number of rotatable bonds is 2. The predicted molar refractivity (Wildman–Crippen MR) is 136 cm³/mol. The molecule has 0 heterocycles. The van der Waals surface area contributed by atoms with Crippen LogP contribution < -0.4 is 5.19 Å². The van der Waals surface area contributed by atoms with E-state index in [4.69, 9.17) is 0 Å². The standard InChI is InChI=1S/C29H36OSi/c1-28(2,3)19-13-15-21-22-16-14-20(29(4,5)6)18-24(22)27(23(21)17-19)31(7,8)26-12-10-9-11-25(26)30/h9-18,27,30H,1-8H3. The zero-order chi connectivity index (χ0) is 22.8. The van der Waals surface area contributed by atoms with Gasteiger partial charge in [-0.2, -0.15) is 0 Å². The van der Waals surface area contributed by atoms with Crippen LogP contribution in [0.4, 0.5) is 0 Å². The van der Waals surface area contributed by atoms with Crippen LogP contribution in [0.3, 0.4) is 0 Å². The van der Waals surface area contributed by atoms with Crippen molar-refractivity contribution in [3.63, 3.8) is 0 Å². The Balaban J connectivity index is 2.01. The van der Waals surface area contributed by atoms with E-state index < -0.39 is 8.07 Å². The second-order valence-corrected chi connectivity index (χ2v) is 16.3. The van der Waals surface area contributed by atoms with Gasteiger partial charge in [0.05, 0.1) is 8.07 Å². The SMILES string of the molecule is CC(C)(C)c1ccc2c(c1)C([Si](C)(C)c1ccccc1O)c1cc(C(C)(C)C)ccc1-2. The summed E-state index contributed by atoms with van der Waals surface area (Å²) in [6, 6.07) is 22.2. The minimum atomic E-state index is -2.11. The fourth-order valence-corrected chi connectivity index (χ4v) is 8.76. The Morgan fingerprint density at radius 1 is 0.677 bits per heavy atom. The number of phenolic OH excluding ortho intramolecular Hbond substituents is 1. The quantitative estimate of drug-likeness (QED) is 0.426. The molecule has 0 saturated heterocycles. The van der Waals surface area contributed by atoms with Gasteiger partial charge >= 0.3 is 0 Å². The molecule has 1 aliphatic rings. The van der Waals surface area contributed by atoms with E-state index in [1.54, 1.807) is 0 Å². The maximum absolute atomic E-state index is 10.8. The third kappa shape index (κ3) is 3.65. The number of aromatic hydroxyl groups is 1. The zero-order valence-corrected chi connectivity index (χ0v) is 21.3. The molecule has 0 radical (unpaired) electrons. The lowest BCUT2D eigenvalue weighted by molar-refractivity contribution is 0.479. The maximum Gasteiger partial charge on any atom is 0.114 e. The highest BCUT2D eigenvalue weighted by atomic mass is 28.3. The van der Waals surface area contributed by atoms with E-state index >= 15 is 0 Å². The molecule has 0 aliphatic heterocycles. The first-order valence-electron chi connectivity index (χ1n) is 11.4. The van der Waals surface area contributed by atoms with Gasteiger partial charge < -0.3 is 5.11 Å². The predicted octanol–water partition coefficient (Wildman–Crippen LogP) is 7.25. The van der Waals surface area contributed by atoms with Crippen LogP contribution in [0.15, 0.2) is 60.7 Å². The number of phenols is 1. The highest BCUT2D eigenvalue weighted by Crippen LogP contribution is 2.51. The molecular formula is C29H36OSi. The molecule has 0 amide bonds. The summed E-state index contributed by atoms with van der Waals surface area (Å²) in [5.74, 6) is 0.438. The van der Waals surface area contributed by atoms with Crippen LogP contribution >= 0.6 is 0 Å². The lowest BCUT2D eigenvalue weighted by Gasteiger charge is -2.33. The van der Waals surface area contributed by atoms with Crippen LogP contribution in [0.25, 0.3) is 11.1 Å². The number of hydrogen-bond acceptors (Lipinski definition) is 1. The van der Waals surface area contributed by atoms with Crippen molar-refractivity contribution in [2.24, 2.45) is 0 Å². The Morgan fingerprint density at radius 2 is 1.13 bits per heavy atom. The van der Waals surface area contributed by atoms with Gasteiger partial charge in [0, 0.05) is 5.54 Å². The van der Waals surface area contributed by atoms with Gasteiger partial charge in [-0.1, -0.05) is 109 Å². The minimum Gasteiger partial charge on any atom is -0.508 e. The molecule has 0 unspecified atom stereocenters. The van der Waals surface area contributed by atoms with E-state index in [0.717, 1.165) is 5.19 Å². The molecule has 1 nitrogen and oxygen atoms in total. The number of fused-ring (bicyclic) bond motifs is 3. The molecule has 4 rings (SSSR count). The third-order valence-electron chi connectivity index (χ3n) is 7.07. The molecule has 0 aromatic heterocycles. The Morgan fingerprint density at radius 3 is 1.55 bits per heavy atom. The average Bonchev–Trinajstić information content (AvgIpc) is 3.00. The fourth-order valence-electron chi connectivity index (χ4n) is 5.15. The lowest BCUT2D eigenvalue weighted by Crippen LogP contribution is -2.47. The van der Waals surface area contributed by atoms with Gasteiger partial charge in [0.25, 0.3) is 0 Å². The molecule has 1 N–H and O–H groups in total. The molecule has 3 aromatic carbocycles. The van der Waals surface area contributed by atoms with E-state index in [1.807, 2.05) is 12.1 Å². The molecule has 0 saturated carbocycles. The second kappa shape index (κ2) is 7.10. The molecule has 2 heteroatoms. The van der Waals surface area contributed by atoms with Crippen LogP contribution in [0.2, 0.25) is 13.1 Å². The van der Waals surface area contributed by atoms with Crippen molar-refractivity contribution in [2.45, 2.75) is 71.0 Å². The molecule has 3 aromatic rings. The summed E-state index contributed by atoms with van der Waals surface area (Å²) in [7, 11) is -2.11. The largest absolute Gasteiger partial charge is 0.508 e. The van der Waals surface area contributed by atoms with Crippen LogP contribution in [-0.4, -0.2) is 13.2 Å². The van der Waals surface area contributed by atoms with Crippen molar-refractivity contribution in [2.75, 3.05) is 0 Å². The smallest absolute Gasteiger partial charge is 0.114 e. The van der Waals surface area contributed by atoms with Gasteiger partial charge in [-0.3, -0.25) is 0 Å². The molecule has 162 valence electrons. The molecule has 0 bridgehead atoms. The van der Waals surface area contributed by atoms with E-state index in [2.05, 4.69) is 103 Å². The van der Waals surface area contributed by atoms with Crippen molar-refractivity contribution in [1.29, 1.82) is 0 Å². The summed E-state index contributed by atoms with van der Waals surface area (Å²) in [5.41, 5.74) is 8.88. The first-order valence-corrected chi connectivity index (χ1v) is 14.5.